The second-order valence-electron chi connectivity index (χ2n) is 1.74. The van der Waals surface area contributed by atoms with E-state index in [1.807, 2.05) is 20.8 Å². The minimum absolute atomic E-state index is 0.782. The van der Waals surface area contributed by atoms with Gasteiger partial charge < -0.3 is 4.74 Å². The van der Waals surface area contributed by atoms with Gasteiger partial charge in [0.15, 0.2) is 0 Å². The lowest BCUT2D eigenvalue weighted by atomic mass is 10.3. The smallest absolute Gasteiger partial charge is 0.143 e. The van der Waals surface area contributed by atoms with Crippen molar-refractivity contribution in [3.8, 4) is 5.75 Å². The summed E-state index contributed by atoms with van der Waals surface area (Å²) in [7, 11) is 1.62. The molecule has 0 radical (unpaired) electrons. The molecule has 0 N–H and O–H groups in total. The molecule has 3 heteroatoms. The Bertz CT molecular complexity index is 201. The summed E-state index contributed by atoms with van der Waals surface area (Å²) in [5, 5.41) is 7.30. The van der Waals surface area contributed by atoms with Crippen molar-refractivity contribution in [3.05, 3.63) is 18.0 Å². The molecular formula is C8H14N2O. The highest BCUT2D eigenvalue weighted by atomic mass is 16.5. The highest BCUT2D eigenvalue weighted by Crippen LogP contribution is 2.11. The molecule has 1 rings (SSSR count). The summed E-state index contributed by atoms with van der Waals surface area (Å²) in [6.45, 7) is 5.92. The average molecular weight is 154 g/mol. The van der Waals surface area contributed by atoms with Crippen molar-refractivity contribution in [2.45, 2.75) is 20.8 Å². The number of nitrogens with zero attached hydrogens (tertiary/aromatic N) is 2. The van der Waals surface area contributed by atoms with Gasteiger partial charge in [0.05, 0.1) is 19.5 Å². The fraction of sp³-hybridized carbons (Fsp3) is 0.500. The summed E-state index contributed by atoms with van der Waals surface area (Å²) in [5.74, 6) is 0.782. The van der Waals surface area contributed by atoms with Crippen LogP contribution in [0, 0.1) is 6.92 Å². The first-order chi connectivity index (χ1) is 5.34. The molecule has 0 atom stereocenters. The molecule has 0 unspecified atom stereocenters. The molecule has 1 aromatic heterocycles. The fourth-order valence-corrected chi connectivity index (χ4v) is 0.585. The molecule has 0 aromatic carbocycles. The van der Waals surface area contributed by atoms with Crippen molar-refractivity contribution in [1.29, 1.82) is 0 Å². The number of ether oxygens (including phenoxy) is 1. The van der Waals surface area contributed by atoms with Gasteiger partial charge in [-0.1, -0.05) is 13.8 Å². The first-order valence-corrected chi connectivity index (χ1v) is 3.66. The Morgan fingerprint density at radius 3 is 2.09 bits per heavy atom. The minimum Gasteiger partial charge on any atom is -0.495 e. The quantitative estimate of drug-likeness (QED) is 0.619. The second kappa shape index (κ2) is 5.65. The molecule has 0 spiro atoms. The fourth-order valence-electron chi connectivity index (χ4n) is 0.585. The highest BCUT2D eigenvalue weighted by molar-refractivity contribution is 5.25. The van der Waals surface area contributed by atoms with Gasteiger partial charge >= 0.3 is 0 Å². The van der Waals surface area contributed by atoms with Crippen LogP contribution in [0.5, 0.6) is 5.75 Å². The first-order valence-electron chi connectivity index (χ1n) is 3.66. The van der Waals surface area contributed by atoms with Crippen molar-refractivity contribution in [2.75, 3.05) is 7.11 Å². The Hall–Kier alpha value is -1.12. The van der Waals surface area contributed by atoms with E-state index in [-0.39, 0.29) is 0 Å². The lowest BCUT2D eigenvalue weighted by Crippen LogP contribution is -1.89. The zero-order chi connectivity index (χ0) is 8.69. The predicted octanol–water partition coefficient (Wildman–Crippen LogP) is 1.82. The van der Waals surface area contributed by atoms with Gasteiger partial charge in [-0.2, -0.15) is 10.2 Å². The largest absolute Gasteiger partial charge is 0.495 e. The van der Waals surface area contributed by atoms with Crippen LogP contribution in [-0.2, 0) is 0 Å². The third-order valence-corrected chi connectivity index (χ3v) is 1.10. The van der Waals surface area contributed by atoms with E-state index >= 15 is 0 Å². The van der Waals surface area contributed by atoms with Gasteiger partial charge in [0.2, 0.25) is 0 Å². The lowest BCUT2D eigenvalue weighted by Gasteiger charge is -1.98. The van der Waals surface area contributed by atoms with Crippen LogP contribution in [0.2, 0.25) is 0 Å². The molecular weight excluding hydrogens is 140 g/mol. The molecule has 1 aromatic rings. The van der Waals surface area contributed by atoms with Gasteiger partial charge in [0, 0.05) is 5.56 Å². The SMILES string of the molecule is CC.COc1cnncc1C. The molecule has 0 bridgehead atoms. The van der Waals surface area contributed by atoms with Gasteiger partial charge in [-0.15, -0.1) is 0 Å². The summed E-state index contributed by atoms with van der Waals surface area (Å²) in [6.07, 6.45) is 3.26. The summed E-state index contributed by atoms with van der Waals surface area (Å²) in [6, 6.07) is 0. The van der Waals surface area contributed by atoms with Gasteiger partial charge in [0.1, 0.15) is 5.75 Å². The summed E-state index contributed by atoms with van der Waals surface area (Å²) < 4.78 is 4.94. The van der Waals surface area contributed by atoms with E-state index in [1.165, 1.54) is 0 Å². The predicted molar refractivity (Wildman–Crippen MR) is 44.7 cm³/mol. The number of hydrogen-bond donors (Lipinski definition) is 0. The van der Waals surface area contributed by atoms with Crippen molar-refractivity contribution >= 4 is 0 Å². The molecule has 1 heterocycles. The van der Waals surface area contributed by atoms with Crippen LogP contribution in [-0.4, -0.2) is 17.3 Å². The van der Waals surface area contributed by atoms with E-state index in [0.29, 0.717) is 0 Å². The van der Waals surface area contributed by atoms with Gasteiger partial charge in [-0.25, -0.2) is 0 Å². The normalized spacial score (nSPS) is 8.00. The molecule has 0 saturated heterocycles. The molecule has 0 fully saturated rings. The van der Waals surface area contributed by atoms with E-state index in [2.05, 4.69) is 10.2 Å². The van der Waals surface area contributed by atoms with Crippen LogP contribution >= 0.6 is 0 Å². The molecule has 0 aliphatic rings. The van der Waals surface area contributed by atoms with Gasteiger partial charge in [-0.3, -0.25) is 0 Å². The number of methoxy groups -OCH3 is 1. The zero-order valence-corrected chi connectivity index (χ0v) is 7.46. The van der Waals surface area contributed by atoms with Crippen LogP contribution in [0.15, 0.2) is 12.4 Å². The van der Waals surface area contributed by atoms with E-state index in [9.17, 15) is 0 Å². The van der Waals surface area contributed by atoms with E-state index in [0.717, 1.165) is 11.3 Å². The second-order valence-corrected chi connectivity index (χ2v) is 1.74. The molecule has 0 aliphatic heterocycles. The topological polar surface area (TPSA) is 35.0 Å². The monoisotopic (exact) mass is 154 g/mol. The Kier molecular flexibility index (Phi) is 5.07. The van der Waals surface area contributed by atoms with E-state index in [4.69, 9.17) is 4.74 Å². The molecule has 0 amide bonds. The summed E-state index contributed by atoms with van der Waals surface area (Å²) in [4.78, 5) is 0. The molecule has 0 aliphatic carbocycles. The number of aryl methyl sites for hydroxylation is 1. The Morgan fingerprint density at radius 1 is 1.18 bits per heavy atom. The lowest BCUT2D eigenvalue weighted by molar-refractivity contribution is 0.408. The third kappa shape index (κ3) is 2.98. The minimum atomic E-state index is 0.782. The van der Waals surface area contributed by atoms with Crippen LogP contribution in [0.25, 0.3) is 0 Å². The molecule has 3 nitrogen and oxygen atoms in total. The standard InChI is InChI=1S/C6H8N2O.C2H6/c1-5-3-7-8-4-6(5)9-2;1-2/h3-4H,1-2H3;1-2H3. The van der Waals surface area contributed by atoms with Crippen LogP contribution < -0.4 is 4.74 Å². The van der Waals surface area contributed by atoms with Crippen molar-refractivity contribution < 1.29 is 4.74 Å². The maximum absolute atomic E-state index is 4.94. The maximum atomic E-state index is 4.94. The van der Waals surface area contributed by atoms with Crippen molar-refractivity contribution in [2.24, 2.45) is 0 Å². The maximum Gasteiger partial charge on any atom is 0.143 e. The Labute approximate surface area is 67.4 Å². The van der Waals surface area contributed by atoms with Crippen molar-refractivity contribution in [1.82, 2.24) is 10.2 Å². The molecule has 0 saturated carbocycles. The zero-order valence-electron chi connectivity index (χ0n) is 7.46. The number of aromatic nitrogens is 2. The molecule has 62 valence electrons. The molecule has 11 heavy (non-hydrogen) atoms. The Morgan fingerprint density at radius 2 is 1.73 bits per heavy atom. The summed E-state index contributed by atoms with van der Waals surface area (Å²) in [5.41, 5.74) is 1.01. The highest BCUT2D eigenvalue weighted by Gasteiger charge is 1.93. The summed E-state index contributed by atoms with van der Waals surface area (Å²) >= 11 is 0. The average Bonchev–Trinajstić information content (AvgIpc) is 2.09. The number of rotatable bonds is 1. The van der Waals surface area contributed by atoms with Gasteiger partial charge in [-0.05, 0) is 6.92 Å². The van der Waals surface area contributed by atoms with Crippen molar-refractivity contribution in [3.63, 3.8) is 0 Å². The third-order valence-electron chi connectivity index (χ3n) is 1.10. The number of hydrogen-bond acceptors (Lipinski definition) is 3. The Balaban J connectivity index is 0.000000461. The van der Waals surface area contributed by atoms with E-state index in [1.54, 1.807) is 19.5 Å². The van der Waals surface area contributed by atoms with Crippen LogP contribution in [0.3, 0.4) is 0 Å². The first kappa shape index (κ1) is 9.88. The van der Waals surface area contributed by atoms with Crippen LogP contribution in [0.4, 0.5) is 0 Å². The van der Waals surface area contributed by atoms with E-state index < -0.39 is 0 Å². The van der Waals surface area contributed by atoms with Gasteiger partial charge in [0.25, 0.3) is 0 Å². The van der Waals surface area contributed by atoms with Crippen LogP contribution in [0.1, 0.15) is 19.4 Å².